The summed E-state index contributed by atoms with van der Waals surface area (Å²) in [6.45, 7) is 6.98. The first-order valence-corrected chi connectivity index (χ1v) is 11.7. The monoisotopic (exact) mass is 457 g/mol. The molecule has 1 amide bonds. The Hall–Kier alpha value is -2.55. The first-order valence-electron chi connectivity index (χ1n) is 10.3. The van der Waals surface area contributed by atoms with Gasteiger partial charge in [0.15, 0.2) is 5.69 Å². The molecular formula is C22H26ClN6OS+. The van der Waals surface area contributed by atoms with E-state index in [-0.39, 0.29) is 11.7 Å². The number of nitrogens with one attached hydrogen (secondary N) is 2. The molecule has 1 aliphatic rings. The number of hydrogen-bond donors (Lipinski definition) is 2. The van der Waals surface area contributed by atoms with Gasteiger partial charge >= 0.3 is 5.16 Å². The van der Waals surface area contributed by atoms with Gasteiger partial charge in [0.1, 0.15) is 0 Å². The third-order valence-electron chi connectivity index (χ3n) is 5.30. The second-order valence-corrected chi connectivity index (χ2v) is 8.58. The van der Waals surface area contributed by atoms with Gasteiger partial charge in [0.25, 0.3) is 0 Å². The molecule has 4 rings (SSSR count). The van der Waals surface area contributed by atoms with Crippen LogP contribution < -0.4 is 14.9 Å². The van der Waals surface area contributed by atoms with Crippen molar-refractivity contribution < 1.29 is 9.48 Å². The maximum absolute atomic E-state index is 12.8. The number of aromatic amines is 1. The first-order chi connectivity index (χ1) is 15.2. The summed E-state index contributed by atoms with van der Waals surface area (Å²) in [5.74, 6) is 0.149. The van der Waals surface area contributed by atoms with Crippen molar-refractivity contribution in [3.05, 3.63) is 59.9 Å². The zero-order valence-corrected chi connectivity index (χ0v) is 19.0. The van der Waals surface area contributed by atoms with Crippen LogP contribution in [0.15, 0.2) is 60.0 Å². The highest BCUT2D eigenvalue weighted by Crippen LogP contribution is 2.34. The maximum Gasteiger partial charge on any atom is 0.385 e. The van der Waals surface area contributed by atoms with Crippen molar-refractivity contribution in [1.29, 1.82) is 0 Å². The normalized spacial score (nSPS) is 14.6. The summed E-state index contributed by atoms with van der Waals surface area (Å²) in [4.78, 5) is 21.8. The third-order valence-corrected chi connectivity index (χ3v) is 6.55. The van der Waals surface area contributed by atoms with Crippen LogP contribution >= 0.6 is 23.4 Å². The summed E-state index contributed by atoms with van der Waals surface area (Å²) in [6, 6.07) is 15.5. The van der Waals surface area contributed by atoms with Crippen molar-refractivity contribution in [3.8, 4) is 5.69 Å². The Morgan fingerprint density at radius 1 is 1.16 bits per heavy atom. The number of carbonyl (C=O) groups excluding carboxylic acids is 1. The summed E-state index contributed by atoms with van der Waals surface area (Å²) in [6.07, 6.45) is 1.62. The summed E-state index contributed by atoms with van der Waals surface area (Å²) in [5.41, 5.74) is 2.62. The Morgan fingerprint density at radius 3 is 2.68 bits per heavy atom. The number of amides is 1. The lowest BCUT2D eigenvalue weighted by molar-refractivity contribution is -0.694. The maximum atomic E-state index is 12.8. The Kier molecular flexibility index (Phi) is 7.11. The number of nitrogens with zero attached hydrogens (tertiary/aromatic N) is 4. The first kappa shape index (κ1) is 21.7. The van der Waals surface area contributed by atoms with Gasteiger partial charge in [-0.25, -0.2) is 0 Å². The van der Waals surface area contributed by atoms with Gasteiger partial charge in [-0.2, -0.15) is 5.10 Å². The van der Waals surface area contributed by atoms with Gasteiger partial charge in [0.2, 0.25) is 12.2 Å². The minimum atomic E-state index is -0.0941. The number of piperazine rings is 1. The number of thioether (sulfide) groups is 1. The Morgan fingerprint density at radius 2 is 1.94 bits per heavy atom. The summed E-state index contributed by atoms with van der Waals surface area (Å²) in [7, 11) is 0. The van der Waals surface area contributed by atoms with Crippen LogP contribution in [0.4, 0.5) is 11.4 Å². The van der Waals surface area contributed by atoms with Crippen molar-refractivity contribution in [2.75, 3.05) is 48.7 Å². The molecule has 0 aliphatic carbocycles. The molecule has 1 aromatic heterocycles. The predicted octanol–water partition coefficient (Wildman–Crippen LogP) is 3.21. The molecular weight excluding hydrogens is 432 g/mol. The molecule has 2 heterocycles. The Labute approximate surface area is 191 Å². The highest BCUT2D eigenvalue weighted by Gasteiger charge is 2.22. The number of carbonyl (C=O) groups is 1. The topological polar surface area (TPSA) is 68.1 Å². The summed E-state index contributed by atoms with van der Waals surface area (Å²) in [5, 5.41) is 7.52. The van der Waals surface area contributed by atoms with E-state index in [1.165, 1.54) is 11.8 Å². The second-order valence-electron chi connectivity index (χ2n) is 7.23. The number of para-hydroxylation sites is 2. The molecule has 2 aromatic carbocycles. The largest absolute Gasteiger partial charge is 0.385 e. The van der Waals surface area contributed by atoms with Gasteiger partial charge in [-0.15, -0.1) is 4.68 Å². The van der Waals surface area contributed by atoms with Gasteiger partial charge in [0.05, 0.1) is 22.2 Å². The molecule has 0 spiro atoms. The predicted molar refractivity (Wildman–Crippen MR) is 125 cm³/mol. The lowest BCUT2D eigenvalue weighted by atomic mass is 10.2. The van der Waals surface area contributed by atoms with Crippen LogP contribution in [0.5, 0.6) is 0 Å². The molecule has 1 saturated heterocycles. The zero-order chi connectivity index (χ0) is 21.6. The number of benzene rings is 2. The van der Waals surface area contributed by atoms with Gasteiger partial charge in [0, 0.05) is 26.2 Å². The second kappa shape index (κ2) is 10.2. The molecule has 0 bridgehead atoms. The number of H-pyrrole nitrogens is 1. The fraction of sp³-hybridized carbons (Fsp3) is 0.318. The average Bonchev–Trinajstić information content (AvgIpc) is 3.27. The van der Waals surface area contributed by atoms with Crippen LogP contribution in [0.1, 0.15) is 6.92 Å². The molecule has 1 fully saturated rings. The van der Waals surface area contributed by atoms with Crippen molar-refractivity contribution >= 4 is 40.6 Å². The molecule has 0 saturated carbocycles. The van der Waals surface area contributed by atoms with Gasteiger partial charge in [-0.05, 0) is 47.6 Å². The Bertz CT molecular complexity index is 1020. The Balaban J connectivity index is 1.42. The van der Waals surface area contributed by atoms with E-state index in [1.54, 1.807) is 6.33 Å². The molecule has 3 aromatic rings. The summed E-state index contributed by atoms with van der Waals surface area (Å²) < 4.78 is 1.86. The van der Waals surface area contributed by atoms with Crippen LogP contribution in [0.25, 0.3) is 5.69 Å². The molecule has 9 heteroatoms. The number of aromatic nitrogens is 3. The lowest BCUT2D eigenvalue weighted by Crippen LogP contribution is -2.46. The average molecular weight is 458 g/mol. The van der Waals surface area contributed by atoms with E-state index in [0.29, 0.717) is 5.02 Å². The van der Waals surface area contributed by atoms with Crippen molar-refractivity contribution in [3.63, 3.8) is 0 Å². The molecule has 0 atom stereocenters. The molecule has 31 heavy (non-hydrogen) atoms. The van der Waals surface area contributed by atoms with Crippen LogP contribution in [-0.2, 0) is 4.79 Å². The standard InChI is InChI=1S/C22H25ClN6OS/c1-2-27-11-13-28(14-12-27)21-18(23)9-6-10-19(21)26-20(30)15-31-22-24-16-25-29(22)17-7-4-3-5-8-17/h3-10,16H,2,11-15H2,1H3,(H,26,30)/p+1. The lowest BCUT2D eigenvalue weighted by Gasteiger charge is -2.36. The quantitative estimate of drug-likeness (QED) is 0.421. The fourth-order valence-corrected chi connectivity index (χ4v) is 4.70. The minimum absolute atomic E-state index is 0.0941. The number of hydrogen-bond acceptors (Lipinski definition) is 5. The SMILES string of the molecule is CCN1CCN(c2c(Cl)cccc2NC(=O)CSc2nc[nH][n+]2-c2ccccc2)CC1. The van der Waals surface area contributed by atoms with Gasteiger partial charge in [-0.3, -0.25) is 4.79 Å². The third kappa shape index (κ3) is 5.20. The van der Waals surface area contributed by atoms with Crippen LogP contribution in [0.2, 0.25) is 5.02 Å². The highest BCUT2D eigenvalue weighted by molar-refractivity contribution is 7.99. The van der Waals surface area contributed by atoms with Crippen molar-refractivity contribution in [2.24, 2.45) is 0 Å². The van der Waals surface area contributed by atoms with Crippen LogP contribution in [-0.4, -0.2) is 59.4 Å². The van der Waals surface area contributed by atoms with E-state index < -0.39 is 0 Å². The zero-order valence-electron chi connectivity index (χ0n) is 17.4. The van der Waals surface area contributed by atoms with Crippen LogP contribution in [0.3, 0.4) is 0 Å². The molecule has 2 N–H and O–H groups in total. The molecule has 7 nitrogen and oxygen atoms in total. The fourth-order valence-electron chi connectivity index (χ4n) is 3.66. The molecule has 0 unspecified atom stereocenters. The molecule has 1 aliphatic heterocycles. The summed E-state index contributed by atoms with van der Waals surface area (Å²) >= 11 is 7.91. The molecule has 0 radical (unpaired) electrons. The van der Waals surface area contributed by atoms with E-state index in [4.69, 9.17) is 11.6 Å². The van der Waals surface area contributed by atoms with Crippen molar-refractivity contribution in [2.45, 2.75) is 12.1 Å². The van der Waals surface area contributed by atoms with E-state index >= 15 is 0 Å². The van der Waals surface area contributed by atoms with Crippen molar-refractivity contribution in [1.82, 2.24) is 15.0 Å². The van der Waals surface area contributed by atoms with Gasteiger partial charge < -0.3 is 15.1 Å². The van der Waals surface area contributed by atoms with Crippen LogP contribution in [0, 0.1) is 0 Å². The van der Waals surface area contributed by atoms with E-state index in [9.17, 15) is 4.79 Å². The smallest absolute Gasteiger partial charge is 0.366 e. The van der Waals surface area contributed by atoms with Gasteiger partial charge in [-0.1, -0.05) is 42.8 Å². The number of anilines is 2. The van der Waals surface area contributed by atoms with E-state index in [2.05, 4.69) is 32.1 Å². The number of halogens is 1. The number of likely N-dealkylation sites (N-methyl/N-ethyl adjacent to an activating group) is 1. The highest BCUT2D eigenvalue weighted by atomic mass is 35.5. The number of rotatable bonds is 7. The van der Waals surface area contributed by atoms with E-state index in [1.807, 2.05) is 53.2 Å². The molecule has 162 valence electrons. The van der Waals surface area contributed by atoms with E-state index in [0.717, 1.165) is 54.9 Å². The minimum Gasteiger partial charge on any atom is -0.366 e.